The maximum Gasteiger partial charge on any atom is 0.238 e. The Morgan fingerprint density at radius 2 is 1.93 bits per heavy atom. The Kier molecular flexibility index (Phi) is 4.14. The maximum absolute atomic E-state index is 13.3. The van der Waals surface area contributed by atoms with Crippen LogP contribution >= 0.6 is 0 Å². The second-order valence-corrected chi connectivity index (χ2v) is 7.61. The molecule has 1 atom stereocenters. The van der Waals surface area contributed by atoms with Crippen LogP contribution in [0, 0.1) is 18.3 Å². The predicted octanol–water partition coefficient (Wildman–Crippen LogP) is 2.56. The number of hydrogen-bond donors (Lipinski definition) is 2. The van der Waals surface area contributed by atoms with Gasteiger partial charge in [0.1, 0.15) is 5.82 Å². The molecule has 0 aromatic carbocycles. The Morgan fingerprint density at radius 1 is 1.21 bits per heavy atom. The number of aromatic nitrogens is 4. The van der Waals surface area contributed by atoms with Crippen LogP contribution in [0.4, 0.5) is 17.5 Å². The number of nitrogens with two attached hydrogens (primary N) is 1. The number of aryl methyl sites for hydroxylation is 1. The third-order valence-electron chi connectivity index (χ3n) is 5.48. The molecule has 0 radical (unpaired) electrons. The SMILES string of the molecule is CNc1ncc(N2C(=O)C(C)(C)C3CC=C(c4cnc(C)nc4)C=C32)nc1N. The average molecular weight is 377 g/mol. The van der Waals surface area contributed by atoms with Crippen molar-refractivity contribution in [2.24, 2.45) is 11.3 Å². The van der Waals surface area contributed by atoms with Gasteiger partial charge in [-0.3, -0.25) is 9.69 Å². The summed E-state index contributed by atoms with van der Waals surface area (Å²) in [5, 5.41) is 2.89. The number of rotatable bonds is 3. The van der Waals surface area contributed by atoms with Crippen molar-refractivity contribution in [3.8, 4) is 0 Å². The predicted molar refractivity (Wildman–Crippen MR) is 108 cm³/mol. The smallest absolute Gasteiger partial charge is 0.238 e. The summed E-state index contributed by atoms with van der Waals surface area (Å²) in [7, 11) is 1.73. The number of carbonyl (C=O) groups excluding carboxylic acids is 1. The minimum absolute atomic E-state index is 0.00976. The third-order valence-corrected chi connectivity index (χ3v) is 5.48. The summed E-state index contributed by atoms with van der Waals surface area (Å²) in [6, 6.07) is 0. The maximum atomic E-state index is 13.3. The highest BCUT2D eigenvalue weighted by Gasteiger charge is 2.52. The van der Waals surface area contributed by atoms with Crippen molar-refractivity contribution in [1.82, 2.24) is 19.9 Å². The van der Waals surface area contributed by atoms with Crippen molar-refractivity contribution < 1.29 is 4.79 Å². The second kappa shape index (κ2) is 6.40. The van der Waals surface area contributed by atoms with Crippen LogP contribution in [-0.2, 0) is 4.79 Å². The fourth-order valence-electron chi connectivity index (χ4n) is 3.80. The fraction of sp³-hybridized carbons (Fsp3) is 0.350. The number of anilines is 3. The van der Waals surface area contributed by atoms with Gasteiger partial charge in [0, 0.05) is 36.6 Å². The Bertz CT molecular complexity index is 1010. The molecule has 1 aliphatic carbocycles. The van der Waals surface area contributed by atoms with E-state index in [0.717, 1.165) is 29.1 Å². The van der Waals surface area contributed by atoms with E-state index in [9.17, 15) is 4.79 Å². The van der Waals surface area contributed by atoms with Gasteiger partial charge in [0.15, 0.2) is 17.5 Å². The second-order valence-electron chi connectivity index (χ2n) is 7.61. The Hall–Kier alpha value is -3.29. The first-order valence-electron chi connectivity index (χ1n) is 9.18. The summed E-state index contributed by atoms with van der Waals surface area (Å²) in [6.07, 6.45) is 10.1. The number of nitrogen functional groups attached to an aromatic ring is 1. The molecule has 2 aromatic rings. The molecule has 1 amide bonds. The normalized spacial score (nSPS) is 20.5. The van der Waals surface area contributed by atoms with E-state index in [-0.39, 0.29) is 17.6 Å². The number of nitrogens with one attached hydrogen (secondary N) is 1. The van der Waals surface area contributed by atoms with E-state index < -0.39 is 5.41 Å². The minimum Gasteiger partial charge on any atom is -0.381 e. The van der Waals surface area contributed by atoms with Crippen molar-refractivity contribution in [3.63, 3.8) is 0 Å². The summed E-state index contributed by atoms with van der Waals surface area (Å²) in [5.41, 5.74) is 8.26. The molecule has 1 fully saturated rings. The van der Waals surface area contributed by atoms with Crippen LogP contribution in [0.25, 0.3) is 5.57 Å². The summed E-state index contributed by atoms with van der Waals surface area (Å²) >= 11 is 0. The van der Waals surface area contributed by atoms with Gasteiger partial charge >= 0.3 is 0 Å². The highest BCUT2D eigenvalue weighted by Crippen LogP contribution is 2.50. The van der Waals surface area contributed by atoms with E-state index in [0.29, 0.717) is 11.6 Å². The van der Waals surface area contributed by atoms with Crippen LogP contribution in [0.3, 0.4) is 0 Å². The van der Waals surface area contributed by atoms with Crippen molar-refractivity contribution in [2.45, 2.75) is 27.2 Å². The van der Waals surface area contributed by atoms with E-state index in [4.69, 9.17) is 5.73 Å². The van der Waals surface area contributed by atoms with Crippen LogP contribution in [-0.4, -0.2) is 32.9 Å². The Morgan fingerprint density at radius 3 is 2.57 bits per heavy atom. The number of nitrogens with zero attached hydrogens (tertiary/aromatic N) is 5. The van der Waals surface area contributed by atoms with Gasteiger partial charge in [-0.1, -0.05) is 19.9 Å². The lowest BCUT2D eigenvalue weighted by Gasteiger charge is -2.25. The number of fused-ring (bicyclic) bond motifs is 1. The summed E-state index contributed by atoms with van der Waals surface area (Å²) in [4.78, 5) is 32.2. The van der Waals surface area contributed by atoms with Gasteiger partial charge in [-0.05, 0) is 25.0 Å². The first-order valence-corrected chi connectivity index (χ1v) is 9.18. The first-order chi connectivity index (χ1) is 13.3. The zero-order chi connectivity index (χ0) is 20.1. The molecule has 0 saturated carbocycles. The molecule has 8 heteroatoms. The summed E-state index contributed by atoms with van der Waals surface area (Å²) < 4.78 is 0. The van der Waals surface area contributed by atoms with E-state index >= 15 is 0 Å². The zero-order valence-corrected chi connectivity index (χ0v) is 16.4. The third kappa shape index (κ3) is 2.72. The molecule has 1 unspecified atom stereocenters. The molecule has 0 bridgehead atoms. The molecule has 1 aliphatic heterocycles. The molecule has 1 saturated heterocycles. The molecular formula is C20H23N7O. The topological polar surface area (TPSA) is 110 Å². The van der Waals surface area contributed by atoms with Crippen LogP contribution in [0.2, 0.25) is 0 Å². The lowest BCUT2D eigenvalue weighted by Crippen LogP contribution is -2.32. The van der Waals surface area contributed by atoms with Gasteiger partial charge in [-0.15, -0.1) is 0 Å². The van der Waals surface area contributed by atoms with Gasteiger partial charge < -0.3 is 11.1 Å². The zero-order valence-electron chi connectivity index (χ0n) is 16.4. The molecule has 0 spiro atoms. The fourth-order valence-corrected chi connectivity index (χ4v) is 3.80. The van der Waals surface area contributed by atoms with E-state index in [1.54, 1.807) is 30.5 Å². The molecule has 3 N–H and O–H groups in total. The van der Waals surface area contributed by atoms with E-state index in [1.807, 2.05) is 26.8 Å². The largest absolute Gasteiger partial charge is 0.381 e. The van der Waals surface area contributed by atoms with Crippen LogP contribution in [0.15, 0.2) is 36.4 Å². The number of hydrogen-bond acceptors (Lipinski definition) is 7. The molecule has 4 rings (SSSR count). The van der Waals surface area contributed by atoms with Gasteiger partial charge in [-0.2, -0.15) is 0 Å². The highest BCUT2D eigenvalue weighted by molar-refractivity contribution is 6.04. The van der Waals surface area contributed by atoms with Crippen molar-refractivity contribution in [1.29, 1.82) is 0 Å². The van der Waals surface area contributed by atoms with Crippen LogP contribution in [0.1, 0.15) is 31.7 Å². The Balaban J connectivity index is 1.79. The van der Waals surface area contributed by atoms with Gasteiger partial charge in [0.05, 0.1) is 11.6 Å². The first kappa shape index (κ1) is 18.1. The number of carbonyl (C=O) groups is 1. The standard InChI is InChI=1S/C20H23N7O/c1-11-23-8-13(9-24-11)12-5-6-14-15(7-12)27(19(28)20(14,2)3)16-10-25-18(22-4)17(21)26-16/h5,7-10,14H,6H2,1-4H3,(H2,21,26)(H,22,25). The lowest BCUT2D eigenvalue weighted by molar-refractivity contribution is -0.125. The average Bonchev–Trinajstić information content (AvgIpc) is 2.88. The molecule has 8 nitrogen and oxygen atoms in total. The van der Waals surface area contributed by atoms with Crippen LogP contribution < -0.4 is 16.0 Å². The summed E-state index contributed by atoms with van der Waals surface area (Å²) in [6.45, 7) is 5.80. The molecule has 2 aromatic heterocycles. The number of allylic oxidation sites excluding steroid dienone is 4. The highest BCUT2D eigenvalue weighted by atomic mass is 16.2. The van der Waals surface area contributed by atoms with Crippen molar-refractivity contribution >= 4 is 28.9 Å². The van der Waals surface area contributed by atoms with Gasteiger partial charge in [0.2, 0.25) is 5.91 Å². The molecule has 3 heterocycles. The van der Waals surface area contributed by atoms with E-state index in [1.165, 1.54) is 0 Å². The van der Waals surface area contributed by atoms with E-state index in [2.05, 4.69) is 31.3 Å². The number of amides is 1. The quantitative estimate of drug-likeness (QED) is 0.846. The minimum atomic E-state index is -0.546. The molecular weight excluding hydrogens is 354 g/mol. The van der Waals surface area contributed by atoms with Crippen molar-refractivity contribution in [3.05, 3.63) is 47.8 Å². The molecule has 2 aliphatic rings. The van der Waals surface area contributed by atoms with Gasteiger partial charge in [-0.25, -0.2) is 19.9 Å². The monoisotopic (exact) mass is 377 g/mol. The Labute approximate surface area is 163 Å². The van der Waals surface area contributed by atoms with Crippen LogP contribution in [0.5, 0.6) is 0 Å². The molecule has 28 heavy (non-hydrogen) atoms. The van der Waals surface area contributed by atoms with Crippen molar-refractivity contribution in [2.75, 3.05) is 23.0 Å². The van der Waals surface area contributed by atoms with Gasteiger partial charge in [0.25, 0.3) is 0 Å². The lowest BCUT2D eigenvalue weighted by atomic mass is 9.75. The summed E-state index contributed by atoms with van der Waals surface area (Å²) in [5.74, 6) is 1.95. The molecule has 144 valence electrons.